The molecule has 26 heavy (non-hydrogen) atoms. The van der Waals surface area contributed by atoms with Crippen molar-refractivity contribution in [1.29, 1.82) is 0 Å². The number of pyridine rings is 1. The van der Waals surface area contributed by atoms with Gasteiger partial charge in [0, 0.05) is 22.9 Å². The Balaban J connectivity index is 2.06. The summed E-state index contributed by atoms with van der Waals surface area (Å²) < 4.78 is 15.5. The van der Waals surface area contributed by atoms with Gasteiger partial charge in [0.05, 0.1) is 11.3 Å². The van der Waals surface area contributed by atoms with E-state index in [2.05, 4.69) is 21.9 Å². The molecule has 0 aromatic carbocycles. The van der Waals surface area contributed by atoms with E-state index < -0.39 is 22.6 Å². The summed E-state index contributed by atoms with van der Waals surface area (Å²) in [4.78, 5) is 17.1. The molecule has 2 aromatic rings. The van der Waals surface area contributed by atoms with E-state index >= 15 is 0 Å². The maximum Gasteiger partial charge on any atom is 0.331 e. The molecule has 0 fully saturated rings. The number of halogens is 1. The van der Waals surface area contributed by atoms with Gasteiger partial charge in [-0.05, 0) is 38.2 Å². The topological polar surface area (TPSA) is 91.3 Å². The molecule has 0 aliphatic rings. The van der Waals surface area contributed by atoms with Crippen LogP contribution in [0, 0.1) is 0 Å². The summed E-state index contributed by atoms with van der Waals surface area (Å²) in [6.45, 7) is 5.25. The predicted octanol–water partition coefficient (Wildman–Crippen LogP) is 4.37. The molecule has 2 amide bonds. The number of amides is 2. The van der Waals surface area contributed by atoms with Crippen LogP contribution in [-0.4, -0.2) is 26.1 Å². The Hall–Kier alpha value is -1.13. The number of rotatable bonds is 7. The van der Waals surface area contributed by atoms with Gasteiger partial charge in [-0.2, -0.15) is 0 Å². The number of aromatic nitrogens is 1. The molecule has 0 aliphatic carbocycles. The molecule has 1 unspecified atom stereocenters. The zero-order chi connectivity index (χ0) is 19.3. The first-order valence-electron chi connectivity index (χ1n) is 7.80. The van der Waals surface area contributed by atoms with Crippen molar-refractivity contribution in [2.24, 2.45) is 0 Å². The Bertz CT molecular complexity index is 806. The second-order valence-electron chi connectivity index (χ2n) is 5.86. The van der Waals surface area contributed by atoms with Crippen LogP contribution in [-0.2, 0) is 16.6 Å². The zero-order valence-corrected chi connectivity index (χ0v) is 17.7. The van der Waals surface area contributed by atoms with Crippen LogP contribution >= 0.6 is 34.7 Å². The summed E-state index contributed by atoms with van der Waals surface area (Å²) in [5.41, 5.74) is -0.0720. The normalized spacial score (nSPS) is 12.7. The number of carbonyl (C=O) groups is 1. The van der Waals surface area contributed by atoms with Crippen LogP contribution in [0.1, 0.15) is 32.8 Å². The number of aliphatic hydroxyl groups is 1. The lowest BCUT2D eigenvalue weighted by atomic mass is 10.0. The van der Waals surface area contributed by atoms with Crippen LogP contribution in [0.5, 0.6) is 0 Å². The Morgan fingerprint density at radius 1 is 1.50 bits per heavy atom. The molecule has 0 bridgehead atoms. The van der Waals surface area contributed by atoms with Crippen molar-refractivity contribution in [1.82, 2.24) is 9.71 Å². The van der Waals surface area contributed by atoms with Crippen molar-refractivity contribution < 1.29 is 14.1 Å². The molecule has 0 saturated carbocycles. The molecule has 0 radical (unpaired) electrons. The summed E-state index contributed by atoms with van der Waals surface area (Å²) in [7, 11) is -1.78. The standard InChI is InChI=1S/C16H20ClN3O3S3/c1-4-7-24-12-9-18-6-5-11(12)19-15(21)20-26(23)13-8-10(14(17)25-13)16(2,3)22/h5-6,8-9,22H,4,7H2,1-3H3,(H2,18,19,20,21). The molecule has 2 rings (SSSR count). The summed E-state index contributed by atoms with van der Waals surface area (Å²) in [6.07, 6.45) is 4.26. The molecule has 2 heterocycles. The first-order chi connectivity index (χ1) is 12.2. The minimum Gasteiger partial charge on any atom is -0.386 e. The first kappa shape index (κ1) is 21.2. The SMILES string of the molecule is CCCSc1cnccc1NC(=O)NS(=O)c1cc(C(C)(C)O)c(Cl)s1. The van der Waals surface area contributed by atoms with Gasteiger partial charge in [-0.1, -0.05) is 18.5 Å². The number of nitrogens with zero attached hydrogens (tertiary/aromatic N) is 1. The predicted molar refractivity (Wildman–Crippen MR) is 108 cm³/mol. The smallest absolute Gasteiger partial charge is 0.331 e. The molecular weight excluding hydrogens is 414 g/mol. The number of hydrogen-bond donors (Lipinski definition) is 3. The van der Waals surface area contributed by atoms with Crippen LogP contribution in [0.2, 0.25) is 4.34 Å². The fourth-order valence-electron chi connectivity index (χ4n) is 1.95. The summed E-state index contributed by atoms with van der Waals surface area (Å²) in [5.74, 6) is 0.904. The molecule has 2 aromatic heterocycles. The molecule has 6 nitrogen and oxygen atoms in total. The van der Waals surface area contributed by atoms with Crippen molar-refractivity contribution in [2.45, 2.75) is 41.9 Å². The number of carbonyl (C=O) groups excluding carboxylic acids is 1. The van der Waals surface area contributed by atoms with Crippen molar-refractivity contribution >= 4 is 57.4 Å². The minimum atomic E-state index is -1.78. The van der Waals surface area contributed by atoms with Gasteiger partial charge in [-0.3, -0.25) is 9.71 Å². The van der Waals surface area contributed by atoms with Crippen molar-refractivity contribution in [2.75, 3.05) is 11.1 Å². The maximum atomic E-state index is 12.4. The number of hydrogen-bond acceptors (Lipinski definition) is 6. The van der Waals surface area contributed by atoms with E-state index in [0.717, 1.165) is 28.4 Å². The molecule has 0 aliphatic heterocycles. The van der Waals surface area contributed by atoms with Gasteiger partial charge in [0.25, 0.3) is 0 Å². The average Bonchev–Trinajstić information content (AvgIpc) is 2.96. The molecular formula is C16H20ClN3O3S3. The van der Waals surface area contributed by atoms with E-state index in [-0.39, 0.29) is 0 Å². The summed E-state index contributed by atoms with van der Waals surface area (Å²) in [6, 6.07) is 2.63. The molecule has 1 atom stereocenters. The van der Waals surface area contributed by atoms with E-state index in [1.165, 1.54) is 0 Å². The average molecular weight is 434 g/mol. The Morgan fingerprint density at radius 3 is 2.85 bits per heavy atom. The van der Waals surface area contributed by atoms with Crippen molar-refractivity contribution in [3.05, 3.63) is 34.4 Å². The number of anilines is 1. The summed E-state index contributed by atoms with van der Waals surface area (Å²) in [5, 5.41) is 12.7. The van der Waals surface area contributed by atoms with Gasteiger partial charge < -0.3 is 10.4 Å². The highest BCUT2D eigenvalue weighted by Gasteiger charge is 2.24. The quantitative estimate of drug-likeness (QED) is 0.564. The Morgan fingerprint density at radius 2 is 2.23 bits per heavy atom. The second kappa shape index (κ2) is 9.18. The third kappa shape index (κ3) is 5.68. The molecule has 3 N–H and O–H groups in total. The van der Waals surface area contributed by atoms with E-state index in [1.807, 2.05) is 0 Å². The monoisotopic (exact) mass is 433 g/mol. The highest BCUT2D eigenvalue weighted by molar-refractivity contribution is 7.99. The van der Waals surface area contributed by atoms with Crippen molar-refractivity contribution in [3.63, 3.8) is 0 Å². The van der Waals surface area contributed by atoms with Gasteiger partial charge in [-0.25, -0.2) is 9.00 Å². The number of thiophene rings is 1. The summed E-state index contributed by atoms with van der Waals surface area (Å²) >= 11 is 8.74. The fraction of sp³-hybridized carbons (Fsp3) is 0.375. The van der Waals surface area contributed by atoms with Gasteiger partial charge >= 0.3 is 6.03 Å². The Kier molecular flexibility index (Phi) is 7.48. The van der Waals surface area contributed by atoms with Crippen LogP contribution in [0.15, 0.2) is 33.6 Å². The third-order valence-electron chi connectivity index (χ3n) is 3.19. The molecule has 0 saturated heterocycles. The number of nitrogens with one attached hydrogen (secondary N) is 2. The minimum absolute atomic E-state index is 0.343. The second-order valence-corrected chi connectivity index (χ2v) is 10.1. The first-order valence-corrected chi connectivity index (χ1v) is 11.1. The van der Waals surface area contributed by atoms with E-state index in [0.29, 0.717) is 19.8 Å². The van der Waals surface area contributed by atoms with Crippen LogP contribution in [0.25, 0.3) is 0 Å². The maximum absolute atomic E-state index is 12.4. The van der Waals surface area contributed by atoms with Crippen LogP contribution in [0.3, 0.4) is 0 Å². The van der Waals surface area contributed by atoms with Crippen LogP contribution < -0.4 is 10.0 Å². The lowest BCUT2D eigenvalue weighted by molar-refractivity contribution is 0.0790. The van der Waals surface area contributed by atoms with Crippen LogP contribution in [0.4, 0.5) is 10.5 Å². The van der Waals surface area contributed by atoms with Crippen molar-refractivity contribution in [3.8, 4) is 0 Å². The lowest BCUT2D eigenvalue weighted by Gasteiger charge is -2.15. The highest BCUT2D eigenvalue weighted by Crippen LogP contribution is 2.36. The van der Waals surface area contributed by atoms with Gasteiger partial charge in [0.2, 0.25) is 0 Å². The number of urea groups is 1. The molecule has 142 valence electrons. The van der Waals surface area contributed by atoms with Gasteiger partial charge in [0.15, 0.2) is 11.0 Å². The zero-order valence-electron chi connectivity index (χ0n) is 14.5. The Labute approximate surface area is 168 Å². The number of thioether (sulfide) groups is 1. The lowest BCUT2D eigenvalue weighted by Crippen LogP contribution is -2.30. The van der Waals surface area contributed by atoms with E-state index in [4.69, 9.17) is 11.6 Å². The third-order valence-corrected chi connectivity index (χ3v) is 7.15. The van der Waals surface area contributed by atoms with Gasteiger partial charge in [0.1, 0.15) is 8.55 Å². The molecule has 10 heteroatoms. The highest BCUT2D eigenvalue weighted by atomic mass is 35.5. The van der Waals surface area contributed by atoms with Gasteiger partial charge in [-0.15, -0.1) is 23.1 Å². The van der Waals surface area contributed by atoms with E-state index in [9.17, 15) is 14.1 Å². The van der Waals surface area contributed by atoms with E-state index in [1.54, 1.807) is 50.1 Å². The largest absolute Gasteiger partial charge is 0.386 e. The molecule has 0 spiro atoms. The fourth-order valence-corrected chi connectivity index (χ4v) is 5.45.